The van der Waals surface area contributed by atoms with Crippen LogP contribution < -0.4 is 0 Å². The molecule has 1 rings (SSSR count). The maximum atomic E-state index is 8.49. The number of rotatable bonds is 0. The highest BCUT2D eigenvalue weighted by atomic mass is 32.2. The van der Waals surface area contributed by atoms with Crippen LogP contribution in [0.4, 0.5) is 0 Å². The van der Waals surface area contributed by atoms with Gasteiger partial charge in [0, 0.05) is 5.75 Å². The van der Waals surface area contributed by atoms with E-state index in [4.69, 9.17) is 5.11 Å². The van der Waals surface area contributed by atoms with Gasteiger partial charge in [-0.05, 0) is 0 Å². The normalized spacial score (nSPS) is 34.5. The molecule has 0 aromatic heterocycles. The Kier molecular flexibility index (Phi) is 1.34. The Morgan fingerprint density at radius 1 is 1.83 bits per heavy atom. The molecule has 0 aliphatic carbocycles. The molecule has 1 heterocycles. The maximum absolute atomic E-state index is 8.49. The van der Waals surface area contributed by atoms with Gasteiger partial charge >= 0.3 is 0 Å². The summed E-state index contributed by atoms with van der Waals surface area (Å²) < 4.78 is 4.67. The minimum Gasteiger partial charge on any atom is -0.367 e. The van der Waals surface area contributed by atoms with Gasteiger partial charge in [-0.2, -0.15) is 0 Å². The lowest BCUT2D eigenvalue weighted by Gasteiger charge is -1.92. The molecule has 0 spiro atoms. The summed E-state index contributed by atoms with van der Waals surface area (Å²) in [6.07, 6.45) is -0.491. The zero-order valence-corrected chi connectivity index (χ0v) is 4.07. The standard InChI is InChI=1S/C3H6O2S/c4-3-1-6-2-5-3/h3-4H,1-2H2/t3-/m1/s1. The van der Waals surface area contributed by atoms with E-state index in [0.717, 1.165) is 5.75 Å². The van der Waals surface area contributed by atoms with Gasteiger partial charge in [-0.15, -0.1) is 11.8 Å². The SMILES string of the molecule is O[C@H]1CSCO1. The molecule has 1 N–H and O–H groups in total. The van der Waals surface area contributed by atoms with E-state index >= 15 is 0 Å². The summed E-state index contributed by atoms with van der Waals surface area (Å²) in [5.74, 6) is 1.39. The van der Waals surface area contributed by atoms with E-state index in [2.05, 4.69) is 4.74 Å². The minimum atomic E-state index is -0.491. The highest BCUT2D eigenvalue weighted by molar-refractivity contribution is 7.99. The molecular formula is C3H6O2S. The monoisotopic (exact) mass is 106 g/mol. The Hall–Kier alpha value is 0.270. The fraction of sp³-hybridized carbons (Fsp3) is 1.00. The molecule has 0 unspecified atom stereocenters. The molecule has 1 aliphatic heterocycles. The molecule has 3 heteroatoms. The summed E-state index contributed by atoms with van der Waals surface area (Å²) >= 11 is 1.61. The Balaban J connectivity index is 2.18. The highest BCUT2D eigenvalue weighted by Gasteiger charge is 2.09. The summed E-state index contributed by atoms with van der Waals surface area (Å²) in [4.78, 5) is 0. The van der Waals surface area contributed by atoms with Crippen molar-refractivity contribution >= 4 is 11.8 Å². The van der Waals surface area contributed by atoms with Crippen LogP contribution in [0, 0.1) is 0 Å². The van der Waals surface area contributed by atoms with Gasteiger partial charge in [-0.3, -0.25) is 0 Å². The fourth-order valence-electron chi connectivity index (χ4n) is 0.324. The largest absolute Gasteiger partial charge is 0.367 e. The average Bonchev–Trinajstić information content (AvgIpc) is 1.86. The second-order valence-electron chi connectivity index (χ2n) is 1.11. The van der Waals surface area contributed by atoms with Gasteiger partial charge in [-0.25, -0.2) is 0 Å². The second-order valence-corrected chi connectivity index (χ2v) is 2.09. The van der Waals surface area contributed by atoms with Crippen LogP contribution in [0.5, 0.6) is 0 Å². The number of ether oxygens (including phenoxy) is 1. The van der Waals surface area contributed by atoms with Crippen LogP contribution in [0.2, 0.25) is 0 Å². The van der Waals surface area contributed by atoms with Crippen molar-refractivity contribution in [3.8, 4) is 0 Å². The first-order valence-corrected chi connectivity index (χ1v) is 2.92. The molecule has 0 aromatic rings. The van der Waals surface area contributed by atoms with Gasteiger partial charge in [0.2, 0.25) is 0 Å². The molecule has 1 aliphatic rings. The topological polar surface area (TPSA) is 29.5 Å². The zero-order chi connectivity index (χ0) is 4.41. The molecule has 2 nitrogen and oxygen atoms in total. The summed E-state index contributed by atoms with van der Waals surface area (Å²) in [7, 11) is 0. The van der Waals surface area contributed by atoms with E-state index in [1.807, 2.05) is 0 Å². The van der Waals surface area contributed by atoms with Gasteiger partial charge < -0.3 is 9.84 Å². The van der Waals surface area contributed by atoms with Gasteiger partial charge in [0.25, 0.3) is 0 Å². The summed E-state index contributed by atoms with van der Waals surface area (Å²) in [6.45, 7) is 0. The molecular weight excluding hydrogens is 100 g/mol. The van der Waals surface area contributed by atoms with E-state index < -0.39 is 6.29 Å². The van der Waals surface area contributed by atoms with Crippen molar-refractivity contribution in [2.45, 2.75) is 6.29 Å². The predicted molar refractivity (Wildman–Crippen MR) is 24.4 cm³/mol. The third kappa shape index (κ3) is 0.864. The molecule has 36 valence electrons. The third-order valence-corrected chi connectivity index (χ3v) is 1.43. The number of hydrogen-bond donors (Lipinski definition) is 1. The molecule has 6 heavy (non-hydrogen) atoms. The average molecular weight is 106 g/mol. The lowest BCUT2D eigenvalue weighted by Crippen LogP contribution is -2.04. The highest BCUT2D eigenvalue weighted by Crippen LogP contribution is 2.12. The predicted octanol–water partition coefficient (Wildman–Crippen LogP) is 0.0257. The minimum absolute atomic E-state index is 0.491. The van der Waals surface area contributed by atoms with Crippen molar-refractivity contribution in [1.82, 2.24) is 0 Å². The molecule has 1 fully saturated rings. The fourth-order valence-corrected chi connectivity index (χ4v) is 0.971. The molecule has 0 saturated carbocycles. The van der Waals surface area contributed by atoms with Crippen molar-refractivity contribution in [2.75, 3.05) is 11.7 Å². The van der Waals surface area contributed by atoms with Crippen molar-refractivity contribution in [2.24, 2.45) is 0 Å². The molecule has 0 aromatic carbocycles. The van der Waals surface area contributed by atoms with Crippen LogP contribution in [-0.4, -0.2) is 23.1 Å². The van der Waals surface area contributed by atoms with Gasteiger partial charge in [0.05, 0.1) is 5.94 Å². The van der Waals surface area contributed by atoms with Crippen molar-refractivity contribution in [3.05, 3.63) is 0 Å². The van der Waals surface area contributed by atoms with Crippen molar-refractivity contribution in [3.63, 3.8) is 0 Å². The lowest BCUT2D eigenvalue weighted by molar-refractivity contribution is -0.0506. The summed E-state index contributed by atoms with van der Waals surface area (Å²) in [5, 5.41) is 8.49. The van der Waals surface area contributed by atoms with Crippen LogP contribution in [0.1, 0.15) is 0 Å². The van der Waals surface area contributed by atoms with Gasteiger partial charge in [0.1, 0.15) is 0 Å². The first-order valence-electron chi connectivity index (χ1n) is 1.77. The Labute approximate surface area is 40.5 Å². The van der Waals surface area contributed by atoms with Crippen LogP contribution in [0.15, 0.2) is 0 Å². The van der Waals surface area contributed by atoms with Gasteiger partial charge in [-0.1, -0.05) is 0 Å². The van der Waals surface area contributed by atoms with E-state index in [1.165, 1.54) is 0 Å². The van der Waals surface area contributed by atoms with Crippen LogP contribution in [-0.2, 0) is 4.74 Å². The zero-order valence-electron chi connectivity index (χ0n) is 3.26. The Morgan fingerprint density at radius 2 is 2.67 bits per heavy atom. The van der Waals surface area contributed by atoms with Crippen LogP contribution in [0.25, 0.3) is 0 Å². The molecule has 0 bridgehead atoms. The quantitative estimate of drug-likeness (QED) is 0.472. The maximum Gasteiger partial charge on any atom is 0.164 e. The Morgan fingerprint density at radius 3 is 2.83 bits per heavy atom. The van der Waals surface area contributed by atoms with Gasteiger partial charge in [0.15, 0.2) is 6.29 Å². The van der Waals surface area contributed by atoms with E-state index in [-0.39, 0.29) is 0 Å². The van der Waals surface area contributed by atoms with Crippen LogP contribution in [0.3, 0.4) is 0 Å². The number of aliphatic hydroxyl groups excluding tert-OH is 1. The molecule has 0 radical (unpaired) electrons. The summed E-state index contributed by atoms with van der Waals surface area (Å²) in [6, 6.07) is 0. The third-order valence-electron chi connectivity index (χ3n) is 0.604. The number of aliphatic hydroxyl groups is 1. The molecule has 1 saturated heterocycles. The van der Waals surface area contributed by atoms with Crippen molar-refractivity contribution < 1.29 is 9.84 Å². The van der Waals surface area contributed by atoms with Crippen molar-refractivity contribution in [1.29, 1.82) is 0 Å². The van der Waals surface area contributed by atoms with E-state index in [0.29, 0.717) is 5.94 Å². The first-order chi connectivity index (χ1) is 2.89. The number of thioether (sulfide) groups is 1. The van der Waals surface area contributed by atoms with E-state index in [9.17, 15) is 0 Å². The second kappa shape index (κ2) is 1.82. The smallest absolute Gasteiger partial charge is 0.164 e. The van der Waals surface area contributed by atoms with Crippen LogP contribution >= 0.6 is 11.8 Å². The summed E-state index contributed by atoms with van der Waals surface area (Å²) in [5.41, 5.74) is 0. The first kappa shape index (κ1) is 4.43. The lowest BCUT2D eigenvalue weighted by atomic mass is 10.8. The number of hydrogen-bond acceptors (Lipinski definition) is 3. The molecule has 1 atom stereocenters. The van der Waals surface area contributed by atoms with E-state index in [1.54, 1.807) is 11.8 Å². The molecule has 0 amide bonds. The Bertz CT molecular complexity index is 42.1.